The number of hydrogen-bond donors (Lipinski definition) is 0. The van der Waals surface area contributed by atoms with Gasteiger partial charge >= 0.3 is 0 Å². The fraction of sp³-hybridized carbons (Fsp3) is 1.00. The lowest BCUT2D eigenvalue weighted by molar-refractivity contribution is 0.0583. The number of rotatable bonds is 17. The van der Waals surface area contributed by atoms with Crippen molar-refractivity contribution in [1.82, 2.24) is 14.7 Å². The van der Waals surface area contributed by atoms with Crippen LogP contribution in [0, 0.1) is 5.41 Å². The third-order valence-corrected chi connectivity index (χ3v) is 7.21. The van der Waals surface area contributed by atoms with Crippen molar-refractivity contribution in [3.8, 4) is 0 Å². The summed E-state index contributed by atoms with van der Waals surface area (Å²) in [5, 5.41) is 0. The van der Waals surface area contributed by atoms with Gasteiger partial charge in [-0.2, -0.15) is 0 Å². The summed E-state index contributed by atoms with van der Waals surface area (Å²) < 4.78 is 6.01. The molecule has 0 aliphatic rings. The largest absolute Gasteiger partial charge is 0.422 e. The van der Waals surface area contributed by atoms with Crippen LogP contribution in [0.25, 0.3) is 0 Å². The van der Waals surface area contributed by atoms with Gasteiger partial charge in [0.05, 0.1) is 0 Å². The van der Waals surface area contributed by atoms with Crippen molar-refractivity contribution in [3.63, 3.8) is 0 Å². The van der Waals surface area contributed by atoms with Crippen molar-refractivity contribution in [2.45, 2.75) is 74.0 Å². The van der Waals surface area contributed by atoms with E-state index in [-0.39, 0.29) is 0 Å². The first-order chi connectivity index (χ1) is 12.4. The molecule has 0 spiro atoms. The van der Waals surface area contributed by atoms with Crippen LogP contribution in [0.3, 0.4) is 0 Å². The van der Waals surface area contributed by atoms with Crippen LogP contribution in [-0.2, 0) is 4.43 Å². The Morgan fingerprint density at radius 3 is 1.31 bits per heavy atom. The number of hydrogen-bond acceptors (Lipinski definition) is 4. The van der Waals surface area contributed by atoms with E-state index in [1.54, 1.807) is 0 Å². The van der Waals surface area contributed by atoms with E-state index >= 15 is 0 Å². The molecule has 0 saturated heterocycles. The zero-order valence-corrected chi connectivity index (χ0v) is 20.7. The fourth-order valence-corrected chi connectivity index (χ4v) is 5.45. The fourth-order valence-electron chi connectivity index (χ4n) is 3.92. The third kappa shape index (κ3) is 10.4. The summed E-state index contributed by atoms with van der Waals surface area (Å²) in [5.41, 5.74) is 0.345. The Morgan fingerprint density at radius 2 is 1.04 bits per heavy atom. The average Bonchev–Trinajstić information content (AvgIpc) is 2.65. The highest BCUT2D eigenvalue weighted by Crippen LogP contribution is 2.29. The van der Waals surface area contributed by atoms with Gasteiger partial charge in [-0.05, 0) is 65.6 Å². The molecule has 0 radical (unpaired) electrons. The maximum Gasteiger partial charge on any atom is 0.161 e. The Labute approximate surface area is 167 Å². The van der Waals surface area contributed by atoms with E-state index in [0.717, 1.165) is 39.3 Å². The van der Waals surface area contributed by atoms with Gasteiger partial charge in [0.15, 0.2) is 9.76 Å². The van der Waals surface area contributed by atoms with Gasteiger partial charge < -0.3 is 19.1 Å². The standard InChI is InChI=1S/C21H49N3OSi/c1-9-22(10-2)17-21(18-23(11-3)12-4,19-24(13-5)14-6)15-16-26-25-20(7)8/h20H,9-19,26H2,1-8H3. The predicted octanol–water partition coefficient (Wildman–Crippen LogP) is 3.32. The lowest BCUT2D eigenvalue weighted by Gasteiger charge is -2.44. The lowest BCUT2D eigenvalue weighted by atomic mass is 9.82. The topological polar surface area (TPSA) is 19.0 Å². The van der Waals surface area contributed by atoms with Crippen LogP contribution in [0.5, 0.6) is 0 Å². The molecule has 158 valence electrons. The second-order valence-corrected chi connectivity index (χ2v) is 9.36. The van der Waals surface area contributed by atoms with E-state index in [9.17, 15) is 0 Å². The normalized spacial score (nSPS) is 13.4. The van der Waals surface area contributed by atoms with Gasteiger partial charge in [-0.25, -0.2) is 0 Å². The monoisotopic (exact) mass is 387 g/mol. The van der Waals surface area contributed by atoms with E-state index < -0.39 is 9.76 Å². The number of nitrogens with zero attached hydrogens (tertiary/aromatic N) is 3. The molecule has 0 fully saturated rings. The molecule has 0 aliphatic heterocycles. The Balaban J connectivity index is 5.40. The predicted molar refractivity (Wildman–Crippen MR) is 120 cm³/mol. The third-order valence-electron chi connectivity index (χ3n) is 5.66. The minimum atomic E-state index is -0.411. The minimum Gasteiger partial charge on any atom is -0.422 e. The summed E-state index contributed by atoms with van der Waals surface area (Å²) in [6.45, 7) is 28.7. The zero-order chi connectivity index (χ0) is 20.0. The zero-order valence-electron chi connectivity index (χ0n) is 19.3. The van der Waals surface area contributed by atoms with Gasteiger partial charge in [-0.3, -0.25) is 0 Å². The summed E-state index contributed by atoms with van der Waals surface area (Å²) in [7, 11) is -0.411. The van der Waals surface area contributed by atoms with Crippen LogP contribution in [0.2, 0.25) is 6.04 Å². The molecule has 0 amide bonds. The molecule has 0 aromatic heterocycles. The maximum absolute atomic E-state index is 6.01. The molecule has 0 aromatic carbocycles. The van der Waals surface area contributed by atoms with Crippen LogP contribution < -0.4 is 0 Å². The summed E-state index contributed by atoms with van der Waals surface area (Å²) in [6, 6.07) is 1.29. The van der Waals surface area contributed by atoms with Crippen molar-refractivity contribution in [2.75, 3.05) is 58.9 Å². The van der Waals surface area contributed by atoms with Crippen molar-refractivity contribution >= 4 is 9.76 Å². The first-order valence-corrected chi connectivity index (χ1v) is 12.8. The molecular formula is C21H49N3OSi. The summed E-state index contributed by atoms with van der Waals surface area (Å²) >= 11 is 0. The van der Waals surface area contributed by atoms with E-state index in [2.05, 4.69) is 70.1 Å². The maximum atomic E-state index is 6.01. The first-order valence-electron chi connectivity index (χ1n) is 11.2. The molecule has 0 bridgehead atoms. The van der Waals surface area contributed by atoms with Gasteiger partial charge in [0.2, 0.25) is 0 Å². The minimum absolute atomic E-state index is 0.345. The van der Waals surface area contributed by atoms with Crippen molar-refractivity contribution in [1.29, 1.82) is 0 Å². The average molecular weight is 388 g/mol. The van der Waals surface area contributed by atoms with E-state index in [1.165, 1.54) is 32.1 Å². The molecule has 0 aromatic rings. The Kier molecular flexibility index (Phi) is 15.1. The van der Waals surface area contributed by atoms with E-state index in [1.807, 2.05) is 0 Å². The van der Waals surface area contributed by atoms with Gasteiger partial charge in [0, 0.05) is 31.2 Å². The SMILES string of the molecule is CCN(CC)CC(CC[SiH2]OC(C)C)(CN(CC)CC)CN(CC)CC. The molecule has 5 heteroatoms. The van der Waals surface area contributed by atoms with E-state index in [0.29, 0.717) is 11.5 Å². The van der Waals surface area contributed by atoms with Crippen LogP contribution in [0.1, 0.15) is 61.8 Å². The smallest absolute Gasteiger partial charge is 0.161 e. The molecule has 0 unspecified atom stereocenters. The van der Waals surface area contributed by atoms with Crippen LogP contribution in [0.4, 0.5) is 0 Å². The van der Waals surface area contributed by atoms with Crippen LogP contribution >= 0.6 is 0 Å². The lowest BCUT2D eigenvalue weighted by Crippen LogP contribution is -2.52. The molecule has 0 N–H and O–H groups in total. The Hall–Kier alpha value is 0.0569. The highest BCUT2D eigenvalue weighted by atomic mass is 28.2. The molecule has 0 saturated carbocycles. The Morgan fingerprint density at radius 1 is 0.692 bits per heavy atom. The van der Waals surface area contributed by atoms with Crippen molar-refractivity contribution in [3.05, 3.63) is 0 Å². The van der Waals surface area contributed by atoms with Crippen molar-refractivity contribution in [2.24, 2.45) is 5.41 Å². The van der Waals surface area contributed by atoms with Gasteiger partial charge in [0.25, 0.3) is 0 Å². The highest BCUT2D eigenvalue weighted by molar-refractivity contribution is 6.27. The molecule has 0 heterocycles. The van der Waals surface area contributed by atoms with Crippen LogP contribution in [0.15, 0.2) is 0 Å². The molecule has 4 nitrogen and oxygen atoms in total. The second kappa shape index (κ2) is 15.0. The van der Waals surface area contributed by atoms with Gasteiger partial charge in [-0.1, -0.05) is 41.5 Å². The summed E-state index contributed by atoms with van der Waals surface area (Å²) in [5.74, 6) is 0. The van der Waals surface area contributed by atoms with E-state index in [4.69, 9.17) is 4.43 Å². The van der Waals surface area contributed by atoms with Crippen molar-refractivity contribution < 1.29 is 4.43 Å². The Bertz CT molecular complexity index is 280. The molecule has 0 rings (SSSR count). The molecule has 26 heavy (non-hydrogen) atoms. The molecule has 0 atom stereocenters. The molecular weight excluding hydrogens is 338 g/mol. The molecule has 0 aliphatic carbocycles. The second-order valence-electron chi connectivity index (χ2n) is 7.91. The van der Waals surface area contributed by atoms with Gasteiger partial charge in [-0.15, -0.1) is 0 Å². The highest BCUT2D eigenvalue weighted by Gasteiger charge is 2.34. The summed E-state index contributed by atoms with van der Waals surface area (Å²) in [4.78, 5) is 7.91. The van der Waals surface area contributed by atoms with Gasteiger partial charge in [0.1, 0.15) is 0 Å². The quantitative estimate of drug-likeness (QED) is 0.281. The van der Waals surface area contributed by atoms with Crippen LogP contribution in [-0.4, -0.2) is 89.5 Å². The summed E-state index contributed by atoms with van der Waals surface area (Å²) in [6.07, 6.45) is 1.69. The first kappa shape index (κ1) is 26.1.